The Bertz CT molecular complexity index is 394. The number of nitrogens with zero attached hydrogens (tertiary/aromatic N) is 1. The first-order chi connectivity index (χ1) is 7.64. The number of carbonyl (C=O) groups is 2. The van der Waals surface area contributed by atoms with Crippen LogP contribution in [0.25, 0.3) is 0 Å². The highest BCUT2D eigenvalue weighted by atomic mass is 16.5. The van der Waals surface area contributed by atoms with Crippen LogP contribution in [0.1, 0.15) is 17.0 Å². The third-order valence-electron chi connectivity index (χ3n) is 2.45. The van der Waals surface area contributed by atoms with Crippen LogP contribution in [0.4, 0.5) is 0 Å². The normalized spacial score (nSPS) is 24.2. The highest BCUT2D eigenvalue weighted by molar-refractivity contribution is 5.95. The zero-order valence-electron chi connectivity index (χ0n) is 8.30. The first-order valence-corrected chi connectivity index (χ1v) is 4.68. The third-order valence-corrected chi connectivity index (χ3v) is 2.45. The number of carbonyl (C=O) groups excluding carboxylic acids is 1. The Morgan fingerprint density at radius 1 is 1.56 bits per heavy atom. The number of amides is 1. The Morgan fingerprint density at radius 3 is 2.88 bits per heavy atom. The van der Waals surface area contributed by atoms with Crippen LogP contribution in [0.2, 0.25) is 0 Å². The largest absolute Gasteiger partial charge is 0.479 e. The van der Waals surface area contributed by atoms with Crippen molar-refractivity contribution < 1.29 is 24.0 Å². The highest BCUT2D eigenvalue weighted by Gasteiger charge is 2.44. The maximum atomic E-state index is 11.6. The van der Waals surface area contributed by atoms with Gasteiger partial charge < -0.3 is 19.7 Å². The lowest BCUT2D eigenvalue weighted by Gasteiger charge is -2.22. The summed E-state index contributed by atoms with van der Waals surface area (Å²) < 4.78 is 9.63. The van der Waals surface area contributed by atoms with Crippen LogP contribution in [-0.2, 0) is 9.53 Å². The Balaban J connectivity index is 2.13. The van der Waals surface area contributed by atoms with Crippen molar-refractivity contribution in [2.24, 2.45) is 0 Å². The van der Waals surface area contributed by atoms with E-state index in [0.29, 0.717) is 6.61 Å². The molecule has 86 valence electrons. The quantitative estimate of drug-likeness (QED) is 0.730. The zero-order valence-corrected chi connectivity index (χ0v) is 8.30. The molecule has 0 radical (unpaired) electrons. The summed E-state index contributed by atoms with van der Waals surface area (Å²) in [5, 5.41) is 14.8. The summed E-state index contributed by atoms with van der Waals surface area (Å²) >= 11 is 0. The topological polar surface area (TPSA) is 102 Å². The molecule has 0 saturated carbocycles. The number of carboxylic acids is 1. The van der Waals surface area contributed by atoms with Gasteiger partial charge in [-0.15, -0.1) is 0 Å². The molecule has 2 N–H and O–H groups in total. The summed E-state index contributed by atoms with van der Waals surface area (Å²) in [6.07, 6.45) is 1.55. The standard InChI is InChI=1S/C9H10N2O5/c12-7(6-1-3-10-16-6)11-9(8(13)14)2-4-15-5-9/h1,3H,2,4-5H2,(H,11,12)(H,13,14). The fourth-order valence-electron chi connectivity index (χ4n) is 1.50. The first kappa shape index (κ1) is 10.6. The molecule has 0 bridgehead atoms. The summed E-state index contributed by atoms with van der Waals surface area (Å²) in [4.78, 5) is 22.7. The van der Waals surface area contributed by atoms with Crippen molar-refractivity contribution in [1.29, 1.82) is 0 Å². The molecule has 1 amide bonds. The Morgan fingerprint density at radius 2 is 2.38 bits per heavy atom. The van der Waals surface area contributed by atoms with E-state index in [2.05, 4.69) is 15.0 Å². The zero-order chi connectivity index (χ0) is 11.6. The Hall–Kier alpha value is -1.89. The number of hydrogen-bond acceptors (Lipinski definition) is 5. The van der Waals surface area contributed by atoms with Gasteiger partial charge in [0.1, 0.15) is 0 Å². The molecular weight excluding hydrogens is 216 g/mol. The first-order valence-electron chi connectivity index (χ1n) is 4.68. The van der Waals surface area contributed by atoms with Crippen LogP contribution in [0.3, 0.4) is 0 Å². The van der Waals surface area contributed by atoms with Gasteiger partial charge in [0.15, 0.2) is 5.54 Å². The lowest BCUT2D eigenvalue weighted by Crippen LogP contribution is -2.55. The fourth-order valence-corrected chi connectivity index (χ4v) is 1.50. The van der Waals surface area contributed by atoms with Gasteiger partial charge in [0.05, 0.1) is 12.8 Å². The van der Waals surface area contributed by atoms with Crippen molar-refractivity contribution in [3.05, 3.63) is 18.0 Å². The van der Waals surface area contributed by atoms with E-state index in [-0.39, 0.29) is 18.8 Å². The SMILES string of the molecule is O=C(NC1(C(=O)O)CCOC1)c1ccno1. The average Bonchev–Trinajstić information content (AvgIpc) is 2.88. The van der Waals surface area contributed by atoms with Gasteiger partial charge in [-0.1, -0.05) is 5.16 Å². The van der Waals surface area contributed by atoms with E-state index in [9.17, 15) is 9.59 Å². The molecular formula is C9H10N2O5. The summed E-state index contributed by atoms with van der Waals surface area (Å²) in [7, 11) is 0. The molecule has 1 aromatic heterocycles. The minimum atomic E-state index is -1.36. The number of rotatable bonds is 3. The highest BCUT2D eigenvalue weighted by Crippen LogP contribution is 2.19. The molecule has 0 aliphatic carbocycles. The van der Waals surface area contributed by atoms with Gasteiger partial charge in [0.25, 0.3) is 5.91 Å². The molecule has 1 atom stereocenters. The van der Waals surface area contributed by atoms with Gasteiger partial charge in [-0.05, 0) is 0 Å². The van der Waals surface area contributed by atoms with E-state index >= 15 is 0 Å². The Kier molecular flexibility index (Phi) is 2.61. The van der Waals surface area contributed by atoms with Gasteiger partial charge in [-0.25, -0.2) is 4.79 Å². The van der Waals surface area contributed by atoms with Crippen LogP contribution in [0.5, 0.6) is 0 Å². The van der Waals surface area contributed by atoms with Crippen molar-refractivity contribution in [2.75, 3.05) is 13.2 Å². The van der Waals surface area contributed by atoms with E-state index in [1.54, 1.807) is 0 Å². The number of nitrogens with one attached hydrogen (secondary N) is 1. The molecule has 1 aliphatic heterocycles. The fraction of sp³-hybridized carbons (Fsp3) is 0.444. The molecule has 7 nitrogen and oxygen atoms in total. The van der Waals surface area contributed by atoms with Crippen LogP contribution < -0.4 is 5.32 Å². The number of carboxylic acid groups (broad SMARTS) is 1. The smallest absolute Gasteiger partial charge is 0.331 e. The lowest BCUT2D eigenvalue weighted by molar-refractivity contribution is -0.144. The van der Waals surface area contributed by atoms with Crippen LogP contribution in [0, 0.1) is 0 Å². The average molecular weight is 226 g/mol. The number of aromatic nitrogens is 1. The molecule has 1 unspecified atom stereocenters. The van der Waals surface area contributed by atoms with E-state index < -0.39 is 17.4 Å². The van der Waals surface area contributed by atoms with Gasteiger partial charge in [-0.3, -0.25) is 4.79 Å². The van der Waals surface area contributed by atoms with Gasteiger partial charge in [-0.2, -0.15) is 0 Å². The maximum Gasteiger partial charge on any atom is 0.331 e. The van der Waals surface area contributed by atoms with Crippen LogP contribution in [-0.4, -0.2) is 40.9 Å². The molecule has 2 rings (SSSR count). The van der Waals surface area contributed by atoms with Crippen molar-refractivity contribution in [3.63, 3.8) is 0 Å². The minimum Gasteiger partial charge on any atom is -0.479 e. The predicted molar refractivity (Wildman–Crippen MR) is 49.8 cm³/mol. The van der Waals surface area contributed by atoms with Crippen molar-refractivity contribution >= 4 is 11.9 Å². The van der Waals surface area contributed by atoms with Crippen LogP contribution >= 0.6 is 0 Å². The van der Waals surface area contributed by atoms with Crippen molar-refractivity contribution in [2.45, 2.75) is 12.0 Å². The molecule has 0 aromatic carbocycles. The van der Waals surface area contributed by atoms with E-state index in [1.165, 1.54) is 12.3 Å². The summed E-state index contributed by atoms with van der Waals surface area (Å²) in [5.74, 6) is -1.74. The van der Waals surface area contributed by atoms with Crippen molar-refractivity contribution in [3.8, 4) is 0 Å². The summed E-state index contributed by atoms with van der Waals surface area (Å²) in [5.41, 5.74) is -1.36. The third kappa shape index (κ3) is 1.76. The molecule has 1 saturated heterocycles. The lowest BCUT2D eigenvalue weighted by atomic mass is 9.99. The second kappa shape index (κ2) is 3.93. The van der Waals surface area contributed by atoms with E-state index in [1.807, 2.05) is 0 Å². The Labute approximate surface area is 90.4 Å². The van der Waals surface area contributed by atoms with Gasteiger partial charge >= 0.3 is 5.97 Å². The number of hydrogen-bond donors (Lipinski definition) is 2. The van der Waals surface area contributed by atoms with Crippen LogP contribution in [0.15, 0.2) is 16.8 Å². The molecule has 7 heteroatoms. The number of ether oxygens (including phenoxy) is 1. The second-order valence-electron chi connectivity index (χ2n) is 3.52. The molecule has 0 spiro atoms. The molecule has 1 fully saturated rings. The minimum absolute atomic E-state index is 0.0208. The van der Waals surface area contributed by atoms with Gasteiger partial charge in [0.2, 0.25) is 5.76 Å². The van der Waals surface area contributed by atoms with Gasteiger partial charge in [0, 0.05) is 19.1 Å². The summed E-state index contributed by atoms with van der Waals surface area (Å²) in [6, 6.07) is 1.36. The molecule has 1 aliphatic rings. The van der Waals surface area contributed by atoms with E-state index in [4.69, 9.17) is 9.84 Å². The summed E-state index contributed by atoms with van der Waals surface area (Å²) in [6.45, 7) is 0.269. The molecule has 1 aromatic rings. The van der Waals surface area contributed by atoms with E-state index in [0.717, 1.165) is 0 Å². The maximum absolute atomic E-state index is 11.6. The molecule has 2 heterocycles. The van der Waals surface area contributed by atoms with Crippen molar-refractivity contribution in [1.82, 2.24) is 10.5 Å². The second-order valence-corrected chi connectivity index (χ2v) is 3.52. The molecule has 16 heavy (non-hydrogen) atoms. The monoisotopic (exact) mass is 226 g/mol. The number of aliphatic carboxylic acids is 1. The predicted octanol–water partition coefficient (Wildman–Crippen LogP) is -0.352.